The number of hydrogen-bond acceptors (Lipinski definition) is 12. The molecule has 0 bridgehead atoms. The van der Waals surface area contributed by atoms with Crippen LogP contribution in [0.1, 0.15) is 0 Å². The number of nitrogen functional groups attached to an aromatic ring is 1. The van der Waals surface area contributed by atoms with Gasteiger partial charge in [-0.25, -0.2) is 0 Å². The van der Waals surface area contributed by atoms with E-state index in [1.807, 2.05) is 0 Å². The van der Waals surface area contributed by atoms with Gasteiger partial charge in [0.05, 0.1) is 16.0 Å². The molecule has 4 aromatic rings. The van der Waals surface area contributed by atoms with Gasteiger partial charge in [0, 0.05) is 11.8 Å². The summed E-state index contributed by atoms with van der Waals surface area (Å²) in [5.74, 6) is -1.21. The van der Waals surface area contributed by atoms with Gasteiger partial charge in [-0.15, -0.1) is 10.2 Å². The van der Waals surface area contributed by atoms with Crippen molar-refractivity contribution in [1.29, 1.82) is 0 Å². The number of fused-ring (bicyclic) bond motifs is 1. The van der Waals surface area contributed by atoms with Crippen LogP contribution >= 0.6 is 0 Å². The zero-order valence-corrected chi connectivity index (χ0v) is 19.5. The van der Waals surface area contributed by atoms with Gasteiger partial charge in [0.15, 0.2) is 0 Å². The van der Waals surface area contributed by atoms with Crippen molar-refractivity contribution < 1.29 is 39.8 Å². The summed E-state index contributed by atoms with van der Waals surface area (Å²) < 4.78 is 92.0. The van der Waals surface area contributed by atoms with Gasteiger partial charge in [-0.3, -0.25) is 9.11 Å². The summed E-state index contributed by atoms with van der Waals surface area (Å²) >= 11 is 0. The lowest BCUT2D eigenvalue weighted by atomic mass is 10.1. The van der Waals surface area contributed by atoms with E-state index >= 15 is 0 Å². The Hall–Kier alpha value is -4.39. The van der Waals surface area contributed by atoms with Gasteiger partial charge < -0.3 is 16.2 Å². The highest BCUT2D eigenvalue weighted by Crippen LogP contribution is 2.41. The van der Waals surface area contributed by atoms with Crippen molar-refractivity contribution in [2.75, 3.05) is 11.1 Å². The molecule has 0 radical (unpaired) electrons. The molecule has 0 saturated carbocycles. The zero-order chi connectivity index (χ0) is 27.1. The molecule has 18 heteroatoms. The number of nitrogens with two attached hydrogens (primary N) is 1. The average molecular weight is 553 g/mol. The number of azo groups is 1. The summed E-state index contributed by atoms with van der Waals surface area (Å²) in [5, 5.41) is 20.5. The maximum absolute atomic E-state index is 13.3. The summed E-state index contributed by atoms with van der Waals surface area (Å²) in [7, 11) is -9.50. The molecule has 192 valence electrons. The maximum atomic E-state index is 13.3. The molecule has 1 aromatic heterocycles. The molecule has 0 atom stereocenters. The van der Waals surface area contributed by atoms with Gasteiger partial charge in [0.2, 0.25) is 5.95 Å². The van der Waals surface area contributed by atoms with E-state index in [1.54, 1.807) is 0 Å². The van der Waals surface area contributed by atoms with Crippen LogP contribution in [0.15, 0.2) is 62.5 Å². The molecule has 37 heavy (non-hydrogen) atoms. The Bertz CT molecular complexity index is 1800. The van der Waals surface area contributed by atoms with Crippen LogP contribution < -0.4 is 11.1 Å². The van der Waals surface area contributed by atoms with Crippen molar-refractivity contribution in [3.63, 3.8) is 0 Å². The van der Waals surface area contributed by atoms with E-state index in [2.05, 4.69) is 30.5 Å². The number of benzene rings is 3. The number of nitrogens with one attached hydrogen (secondary N) is 1. The van der Waals surface area contributed by atoms with Gasteiger partial charge in [-0.1, -0.05) is 6.07 Å². The monoisotopic (exact) mass is 553 g/mol. The number of phenols is 1. The van der Waals surface area contributed by atoms with Crippen LogP contribution in [0.2, 0.25) is 0 Å². The third kappa shape index (κ3) is 5.56. The van der Waals surface area contributed by atoms with E-state index in [4.69, 9.17) is 5.73 Å². The number of rotatable bonds is 6. The van der Waals surface area contributed by atoms with Gasteiger partial charge >= 0.3 is 12.2 Å². The van der Waals surface area contributed by atoms with Gasteiger partial charge in [-0.2, -0.15) is 40.6 Å². The lowest BCUT2D eigenvalue weighted by molar-refractivity contribution is 0.458. The molecular formula is C19H13F2N7O7S2. The second-order valence-corrected chi connectivity index (χ2v) is 10.0. The lowest BCUT2D eigenvalue weighted by Crippen LogP contribution is -2.04. The van der Waals surface area contributed by atoms with Crippen molar-refractivity contribution in [3.8, 4) is 5.75 Å². The van der Waals surface area contributed by atoms with Gasteiger partial charge in [0.1, 0.15) is 22.0 Å². The fraction of sp³-hybridized carbons (Fsp3) is 0. The van der Waals surface area contributed by atoms with Gasteiger partial charge in [0.25, 0.3) is 20.2 Å². The molecule has 0 unspecified atom stereocenters. The Balaban J connectivity index is 1.84. The molecular weight excluding hydrogens is 540 g/mol. The number of hydrogen-bond donors (Lipinski definition) is 5. The first kappa shape index (κ1) is 25.7. The number of anilines is 3. The van der Waals surface area contributed by atoms with E-state index in [0.29, 0.717) is 0 Å². The predicted octanol–water partition coefficient (Wildman–Crippen LogP) is 3.24. The highest BCUT2D eigenvalue weighted by molar-refractivity contribution is 7.86. The van der Waals surface area contributed by atoms with Crippen molar-refractivity contribution in [2.24, 2.45) is 10.2 Å². The zero-order valence-electron chi connectivity index (χ0n) is 17.9. The third-order valence-electron chi connectivity index (χ3n) is 4.70. The summed E-state index contributed by atoms with van der Waals surface area (Å²) in [6.45, 7) is 0. The summed E-state index contributed by atoms with van der Waals surface area (Å²) in [5.41, 5.74) is 5.14. The normalized spacial score (nSPS) is 12.3. The minimum atomic E-state index is -4.84. The highest BCUT2D eigenvalue weighted by Gasteiger charge is 2.19. The quantitative estimate of drug-likeness (QED) is 0.132. The lowest BCUT2D eigenvalue weighted by Gasteiger charge is -2.10. The molecule has 0 amide bonds. The molecule has 0 aliphatic heterocycles. The average Bonchev–Trinajstić information content (AvgIpc) is 2.76. The number of aromatic hydroxyl groups is 1. The molecule has 0 spiro atoms. The topological polar surface area (TPSA) is 230 Å². The Kier molecular flexibility index (Phi) is 6.42. The van der Waals surface area contributed by atoms with E-state index in [0.717, 1.165) is 30.3 Å². The smallest absolute Gasteiger partial charge is 0.315 e. The van der Waals surface area contributed by atoms with E-state index < -0.39 is 59.6 Å². The second-order valence-electron chi connectivity index (χ2n) is 7.20. The van der Waals surface area contributed by atoms with Crippen LogP contribution in [0.25, 0.3) is 10.8 Å². The predicted molar refractivity (Wildman–Crippen MR) is 123 cm³/mol. The molecule has 3 aromatic carbocycles. The number of aromatic nitrogens is 3. The van der Waals surface area contributed by atoms with E-state index in [1.165, 1.54) is 12.1 Å². The Morgan fingerprint density at radius 2 is 1.54 bits per heavy atom. The second kappa shape index (κ2) is 9.24. The highest BCUT2D eigenvalue weighted by atomic mass is 32.2. The minimum absolute atomic E-state index is 0.0297. The summed E-state index contributed by atoms with van der Waals surface area (Å²) in [6.07, 6.45) is -2.85. The number of nitrogens with zero attached hydrogens (tertiary/aromatic N) is 5. The molecule has 0 saturated heterocycles. The van der Waals surface area contributed by atoms with Crippen LogP contribution in [0, 0.1) is 12.2 Å². The van der Waals surface area contributed by atoms with Crippen LogP contribution in [-0.4, -0.2) is 46.0 Å². The minimum Gasteiger partial charge on any atom is -0.507 e. The standard InChI is InChI=1S/C19H13F2N7O7S2/c20-17-24-18(21)26-19(25-17)23-9-2-4-14(37(33,34)35)12(6-9)27-28-16-11(22)3-1-8-5-10(36(30,31)32)7-13(29)15(8)16/h1-7,29H,22H2,(H,30,31,32)(H,33,34,35)(H,23,24,25,26). The molecule has 0 fully saturated rings. The van der Waals surface area contributed by atoms with Crippen molar-refractivity contribution in [3.05, 3.63) is 54.6 Å². The molecule has 14 nitrogen and oxygen atoms in total. The Morgan fingerprint density at radius 1 is 0.865 bits per heavy atom. The van der Waals surface area contributed by atoms with Crippen molar-refractivity contribution in [1.82, 2.24) is 15.0 Å². The van der Waals surface area contributed by atoms with Crippen LogP contribution in [0.5, 0.6) is 5.75 Å². The van der Waals surface area contributed by atoms with Crippen molar-refractivity contribution in [2.45, 2.75) is 9.79 Å². The maximum Gasteiger partial charge on any atom is 0.315 e. The van der Waals surface area contributed by atoms with Gasteiger partial charge in [-0.05, 0) is 35.7 Å². The van der Waals surface area contributed by atoms with E-state index in [9.17, 15) is 39.8 Å². The molecule has 0 aliphatic rings. The van der Waals surface area contributed by atoms with Crippen LogP contribution in [-0.2, 0) is 20.2 Å². The van der Waals surface area contributed by atoms with Crippen LogP contribution in [0.3, 0.4) is 0 Å². The number of phenolic OH excluding ortho intramolecular Hbond substituents is 1. The molecule has 0 aliphatic carbocycles. The van der Waals surface area contributed by atoms with Crippen molar-refractivity contribution >= 4 is 59.7 Å². The Morgan fingerprint density at radius 3 is 2.16 bits per heavy atom. The Labute approximate surface area is 206 Å². The fourth-order valence-electron chi connectivity index (χ4n) is 3.18. The fourth-order valence-corrected chi connectivity index (χ4v) is 4.32. The first-order valence-electron chi connectivity index (χ1n) is 9.62. The SMILES string of the molecule is Nc1ccc2cc(S(=O)(=O)O)cc(O)c2c1N=Nc1cc(Nc2nc(F)nc(F)n2)ccc1S(=O)(=O)O. The first-order chi connectivity index (χ1) is 17.2. The largest absolute Gasteiger partial charge is 0.507 e. The third-order valence-corrected chi connectivity index (χ3v) is 6.44. The molecule has 4 rings (SSSR count). The summed E-state index contributed by atoms with van der Waals surface area (Å²) in [4.78, 5) is 7.89. The molecule has 6 N–H and O–H groups in total. The molecule has 1 heterocycles. The first-order valence-corrected chi connectivity index (χ1v) is 12.5. The van der Waals surface area contributed by atoms with Crippen LogP contribution in [0.4, 0.5) is 37.5 Å². The number of halogens is 2. The van der Waals surface area contributed by atoms with E-state index in [-0.39, 0.29) is 27.8 Å². The summed E-state index contributed by atoms with van der Waals surface area (Å²) in [6, 6.07) is 7.43.